The quantitative estimate of drug-likeness (QED) is 0.598. The van der Waals surface area contributed by atoms with Gasteiger partial charge in [-0.2, -0.15) is 26.9 Å². The Labute approximate surface area is 94.6 Å². The first-order valence-corrected chi connectivity index (χ1v) is 5.46. The lowest BCUT2D eigenvalue weighted by Crippen LogP contribution is -2.28. The normalized spacial score (nSPS) is 11.9. The van der Waals surface area contributed by atoms with Crippen LogP contribution in [0.4, 0.5) is 13.2 Å². The van der Waals surface area contributed by atoms with Crippen molar-refractivity contribution in [3.05, 3.63) is 23.4 Å². The number of rotatable bonds is 2. The number of alkyl halides is 3. The molecule has 0 radical (unpaired) electrons. The lowest BCUT2D eigenvalue weighted by Gasteiger charge is -2.09. The Hall–Kier alpha value is -1.82. The second kappa shape index (κ2) is 4.21. The summed E-state index contributed by atoms with van der Waals surface area (Å²) in [6.07, 6.45) is 0. The van der Waals surface area contributed by atoms with Gasteiger partial charge in [0, 0.05) is 5.69 Å². The summed E-state index contributed by atoms with van der Waals surface area (Å²) >= 11 is 0. The van der Waals surface area contributed by atoms with Crippen LogP contribution >= 0.6 is 0 Å². The molecule has 0 atom stereocenters. The van der Waals surface area contributed by atoms with Crippen LogP contribution in [-0.4, -0.2) is 18.9 Å². The first kappa shape index (κ1) is 13.2. The molecule has 0 N–H and O–H groups in total. The van der Waals surface area contributed by atoms with Gasteiger partial charge >= 0.3 is 15.6 Å². The topological polar surface area (TPSA) is 80.0 Å². The molecule has 5 nitrogen and oxygen atoms in total. The highest BCUT2D eigenvalue weighted by atomic mass is 32.2. The van der Waals surface area contributed by atoms with E-state index in [0.717, 1.165) is 6.07 Å². The molecule has 1 heterocycles. The van der Waals surface area contributed by atoms with E-state index in [9.17, 15) is 21.6 Å². The van der Waals surface area contributed by atoms with Crippen LogP contribution in [0.25, 0.3) is 0 Å². The smallest absolute Gasteiger partial charge is 0.354 e. The molecule has 0 aliphatic heterocycles. The van der Waals surface area contributed by atoms with Crippen LogP contribution in [0.3, 0.4) is 0 Å². The fourth-order valence-electron chi connectivity index (χ4n) is 0.833. The van der Waals surface area contributed by atoms with Crippen LogP contribution < -0.4 is 4.18 Å². The van der Waals surface area contributed by atoms with Gasteiger partial charge in [0.05, 0.1) is 0 Å². The number of nitrogens with zero attached hydrogens (tertiary/aromatic N) is 2. The number of pyridine rings is 1. The van der Waals surface area contributed by atoms with Crippen LogP contribution in [0.15, 0.2) is 12.1 Å². The minimum absolute atomic E-state index is 0.219. The fraction of sp³-hybridized carbons (Fsp3) is 0.250. The standard InChI is InChI=1S/C8H5F3N2O3S/c1-5-2-3-6(4-12)7(13-5)16-17(14,15)8(9,10)11/h2-3H,1H3. The van der Waals surface area contributed by atoms with E-state index in [4.69, 9.17) is 5.26 Å². The third-order valence-corrected chi connectivity index (χ3v) is 2.54. The summed E-state index contributed by atoms with van der Waals surface area (Å²) in [6, 6.07) is 3.93. The average molecular weight is 266 g/mol. The van der Waals surface area contributed by atoms with E-state index < -0.39 is 27.1 Å². The number of hydrogen-bond acceptors (Lipinski definition) is 5. The summed E-state index contributed by atoms with van der Waals surface area (Å²) < 4.78 is 61.3. The van der Waals surface area contributed by atoms with Gasteiger partial charge < -0.3 is 4.18 Å². The molecule has 0 aromatic carbocycles. The van der Waals surface area contributed by atoms with Crippen molar-refractivity contribution in [2.75, 3.05) is 0 Å². The summed E-state index contributed by atoms with van der Waals surface area (Å²) in [4.78, 5) is 3.42. The van der Waals surface area contributed by atoms with Gasteiger partial charge in [-0.3, -0.25) is 0 Å². The molecule has 0 saturated carbocycles. The molecule has 0 amide bonds. The van der Waals surface area contributed by atoms with E-state index in [2.05, 4.69) is 9.17 Å². The largest absolute Gasteiger partial charge is 0.534 e. The highest BCUT2D eigenvalue weighted by Crippen LogP contribution is 2.27. The summed E-state index contributed by atoms with van der Waals surface area (Å²) in [7, 11) is -5.81. The molecule has 1 aromatic heterocycles. The molecule has 1 aromatic rings. The molecule has 0 unspecified atom stereocenters. The van der Waals surface area contributed by atoms with Crippen molar-refractivity contribution in [1.82, 2.24) is 4.98 Å². The molecule has 92 valence electrons. The number of aromatic nitrogens is 1. The maximum Gasteiger partial charge on any atom is 0.534 e. The predicted molar refractivity (Wildman–Crippen MR) is 49.3 cm³/mol. The summed E-state index contributed by atoms with van der Waals surface area (Å²) in [6.45, 7) is 1.41. The van der Waals surface area contributed by atoms with E-state index >= 15 is 0 Å². The molecular weight excluding hydrogens is 261 g/mol. The van der Waals surface area contributed by atoms with E-state index in [1.807, 2.05) is 0 Å². The van der Waals surface area contributed by atoms with Crippen LogP contribution in [0, 0.1) is 18.3 Å². The number of hydrogen-bond donors (Lipinski definition) is 0. The van der Waals surface area contributed by atoms with Crippen molar-refractivity contribution in [3.63, 3.8) is 0 Å². The van der Waals surface area contributed by atoms with Gasteiger partial charge in [0.1, 0.15) is 11.6 Å². The Kier molecular flexibility index (Phi) is 3.28. The van der Waals surface area contributed by atoms with Crippen molar-refractivity contribution < 1.29 is 25.8 Å². The Morgan fingerprint density at radius 3 is 2.47 bits per heavy atom. The zero-order valence-corrected chi connectivity index (χ0v) is 9.13. The number of aryl methyl sites for hydroxylation is 1. The first-order chi connectivity index (χ1) is 7.67. The molecule has 9 heteroatoms. The third kappa shape index (κ3) is 2.85. The molecule has 0 saturated heterocycles. The molecule has 1 rings (SSSR count). The van der Waals surface area contributed by atoms with Gasteiger partial charge in [-0.15, -0.1) is 0 Å². The molecule has 0 aliphatic rings. The highest BCUT2D eigenvalue weighted by molar-refractivity contribution is 7.87. The van der Waals surface area contributed by atoms with Gasteiger partial charge in [-0.25, -0.2) is 4.98 Å². The van der Waals surface area contributed by atoms with E-state index in [-0.39, 0.29) is 5.69 Å². The first-order valence-electron chi connectivity index (χ1n) is 4.06. The third-order valence-electron chi connectivity index (χ3n) is 1.59. The minimum atomic E-state index is -5.81. The van der Waals surface area contributed by atoms with E-state index in [1.54, 1.807) is 0 Å². The summed E-state index contributed by atoms with van der Waals surface area (Å²) in [5, 5.41) is 8.56. The van der Waals surface area contributed by atoms with Gasteiger partial charge in [0.25, 0.3) is 5.88 Å². The average Bonchev–Trinajstić information content (AvgIpc) is 2.15. The maximum atomic E-state index is 12.0. The van der Waals surface area contributed by atoms with Crippen LogP contribution in [0.5, 0.6) is 5.88 Å². The van der Waals surface area contributed by atoms with Crippen LogP contribution in [-0.2, 0) is 10.1 Å². The maximum absolute atomic E-state index is 12.0. The second-order valence-corrected chi connectivity index (χ2v) is 4.44. The Morgan fingerprint density at radius 1 is 1.41 bits per heavy atom. The second-order valence-electron chi connectivity index (χ2n) is 2.90. The summed E-state index contributed by atoms with van der Waals surface area (Å²) in [5.74, 6) is -0.884. The van der Waals surface area contributed by atoms with Crippen LogP contribution in [0.2, 0.25) is 0 Å². The van der Waals surface area contributed by atoms with Crippen molar-refractivity contribution in [2.45, 2.75) is 12.4 Å². The minimum Gasteiger partial charge on any atom is -0.354 e. The molecule has 17 heavy (non-hydrogen) atoms. The van der Waals surface area contributed by atoms with E-state index in [0.29, 0.717) is 0 Å². The zero-order valence-electron chi connectivity index (χ0n) is 8.32. The Morgan fingerprint density at radius 2 is 2.00 bits per heavy atom. The molecule has 0 fully saturated rings. The van der Waals surface area contributed by atoms with Gasteiger partial charge in [0.15, 0.2) is 0 Å². The van der Waals surface area contributed by atoms with Gasteiger partial charge in [-0.05, 0) is 19.1 Å². The van der Waals surface area contributed by atoms with Gasteiger partial charge in [-0.1, -0.05) is 0 Å². The molecule has 0 spiro atoms. The lowest BCUT2D eigenvalue weighted by molar-refractivity contribution is -0.0501. The van der Waals surface area contributed by atoms with Crippen molar-refractivity contribution >= 4 is 10.1 Å². The molecule has 0 aliphatic carbocycles. The lowest BCUT2D eigenvalue weighted by atomic mass is 10.3. The van der Waals surface area contributed by atoms with Crippen LogP contribution in [0.1, 0.15) is 11.3 Å². The SMILES string of the molecule is Cc1ccc(C#N)c(OS(=O)(=O)C(F)(F)F)n1. The Bertz CT molecular complexity index is 575. The molecular formula is C8H5F3N2O3S. The van der Waals surface area contributed by atoms with E-state index in [1.165, 1.54) is 19.1 Å². The van der Waals surface area contributed by atoms with Crippen molar-refractivity contribution in [3.8, 4) is 11.9 Å². The zero-order chi connectivity index (χ0) is 13.3. The Balaban J connectivity index is 3.22. The predicted octanol–water partition coefficient (Wildman–Crippen LogP) is 1.49. The fourth-order valence-corrected chi connectivity index (χ4v) is 1.26. The summed E-state index contributed by atoms with van der Waals surface area (Å²) in [5.41, 5.74) is -5.75. The number of nitriles is 1. The highest BCUT2D eigenvalue weighted by Gasteiger charge is 2.49. The van der Waals surface area contributed by atoms with Gasteiger partial charge in [0.2, 0.25) is 0 Å². The number of halogens is 3. The van der Waals surface area contributed by atoms with Crippen molar-refractivity contribution in [2.24, 2.45) is 0 Å². The van der Waals surface area contributed by atoms with Crippen molar-refractivity contribution in [1.29, 1.82) is 5.26 Å². The molecule has 0 bridgehead atoms. The monoisotopic (exact) mass is 266 g/mol.